The molecule has 0 bridgehead atoms. The number of aromatic nitrogens is 1. The molecule has 0 unspecified atom stereocenters. The molecule has 2 heterocycles. The van der Waals surface area contributed by atoms with E-state index in [0.717, 1.165) is 36.0 Å². The van der Waals surface area contributed by atoms with Crippen molar-refractivity contribution in [2.75, 3.05) is 27.7 Å². The van der Waals surface area contributed by atoms with E-state index in [0.29, 0.717) is 16.9 Å². The maximum Gasteiger partial charge on any atom is 0.343 e. The van der Waals surface area contributed by atoms with E-state index in [1.165, 1.54) is 12.1 Å². The minimum Gasteiger partial charge on any atom is -0.497 e. The molecule has 5 aromatic rings. The van der Waals surface area contributed by atoms with Crippen LogP contribution in [0.3, 0.4) is 0 Å². The number of ketones is 1. The zero-order valence-corrected chi connectivity index (χ0v) is 25.7. The first kappa shape index (κ1) is 30.4. The molecule has 46 heavy (non-hydrogen) atoms. The van der Waals surface area contributed by atoms with Crippen LogP contribution in [0, 0.1) is 0 Å². The summed E-state index contributed by atoms with van der Waals surface area (Å²) in [6.07, 6.45) is 4.58. The molecule has 0 radical (unpaired) electrons. The number of carbonyl (C=O) groups excluding carboxylic acids is 3. The van der Waals surface area contributed by atoms with Gasteiger partial charge in [0.2, 0.25) is 5.78 Å². The Morgan fingerprint density at radius 3 is 2.17 bits per heavy atom. The molecule has 0 aliphatic carbocycles. The first-order valence-corrected chi connectivity index (χ1v) is 14.8. The van der Waals surface area contributed by atoms with E-state index in [2.05, 4.69) is 9.47 Å². The molecule has 0 amide bonds. The third kappa shape index (κ3) is 6.40. The predicted molar refractivity (Wildman–Crippen MR) is 174 cm³/mol. The molecule has 0 saturated heterocycles. The minimum absolute atomic E-state index is 0.0358. The molecule has 0 atom stereocenters. The number of carbonyl (C=O) groups is 3. The molecule has 0 saturated carbocycles. The Balaban J connectivity index is 1.38. The maximum atomic E-state index is 13.9. The van der Waals surface area contributed by atoms with Crippen LogP contribution in [0.15, 0.2) is 103 Å². The Kier molecular flexibility index (Phi) is 8.67. The summed E-state index contributed by atoms with van der Waals surface area (Å²) < 4.78 is 25.1. The number of rotatable bonds is 10. The van der Waals surface area contributed by atoms with E-state index in [-0.39, 0.29) is 28.6 Å². The number of ether oxygens (including phenoxy) is 4. The standard InChI is InChI=1S/C37H32N2O7/c1-38(2)17-10-18-39-23-26(29-20-27(43-3)15-16-30(29)39)19-33-35(40)34-31(45-33)21-28(44-36(41)24-11-6-4-7-12-24)22-32(34)46-37(42)25-13-8-5-9-14-25/h4-9,11-16,19-23H,10,17-18H2,1-3H3/b33-19-. The van der Waals surface area contributed by atoms with Crippen molar-refractivity contribution in [2.45, 2.75) is 13.0 Å². The van der Waals surface area contributed by atoms with E-state index < -0.39 is 17.7 Å². The fraction of sp³-hybridized carbons (Fsp3) is 0.162. The molecule has 232 valence electrons. The normalized spacial score (nSPS) is 13.1. The summed E-state index contributed by atoms with van der Waals surface area (Å²) in [6.45, 7) is 1.69. The van der Waals surface area contributed by atoms with Gasteiger partial charge in [0.05, 0.1) is 18.2 Å². The fourth-order valence-electron chi connectivity index (χ4n) is 5.30. The average molecular weight is 617 g/mol. The first-order valence-electron chi connectivity index (χ1n) is 14.8. The van der Waals surface area contributed by atoms with Gasteiger partial charge in [-0.3, -0.25) is 4.79 Å². The van der Waals surface area contributed by atoms with E-state index >= 15 is 0 Å². The zero-order valence-electron chi connectivity index (χ0n) is 25.7. The summed E-state index contributed by atoms with van der Waals surface area (Å²) in [5.41, 5.74) is 2.43. The van der Waals surface area contributed by atoms with Gasteiger partial charge < -0.3 is 28.4 Å². The number of nitrogens with zero attached hydrogens (tertiary/aromatic N) is 2. The lowest BCUT2D eigenvalue weighted by Crippen LogP contribution is -2.14. The van der Waals surface area contributed by atoms with Crippen LogP contribution in [0.4, 0.5) is 0 Å². The molecule has 9 heteroatoms. The van der Waals surface area contributed by atoms with Crippen molar-refractivity contribution >= 4 is 34.7 Å². The second-order valence-electron chi connectivity index (χ2n) is 11.1. The van der Waals surface area contributed by atoms with Gasteiger partial charge in [0, 0.05) is 41.3 Å². The highest BCUT2D eigenvalue weighted by atomic mass is 16.6. The summed E-state index contributed by atoms with van der Waals surface area (Å²) in [6, 6.07) is 25.5. The summed E-state index contributed by atoms with van der Waals surface area (Å²) in [5, 5.41) is 0.886. The smallest absolute Gasteiger partial charge is 0.343 e. The van der Waals surface area contributed by atoms with Gasteiger partial charge in [-0.2, -0.15) is 0 Å². The maximum absolute atomic E-state index is 13.9. The highest BCUT2D eigenvalue weighted by Gasteiger charge is 2.34. The van der Waals surface area contributed by atoms with Gasteiger partial charge in [-0.1, -0.05) is 36.4 Å². The Hall–Kier alpha value is -5.67. The fourth-order valence-corrected chi connectivity index (χ4v) is 5.30. The quantitative estimate of drug-likeness (QED) is 0.0977. The van der Waals surface area contributed by atoms with Crippen molar-refractivity contribution in [1.82, 2.24) is 9.47 Å². The molecule has 1 aliphatic heterocycles. The molecule has 0 N–H and O–H groups in total. The zero-order chi connectivity index (χ0) is 32.2. The Morgan fingerprint density at radius 1 is 0.848 bits per heavy atom. The Morgan fingerprint density at radius 2 is 1.52 bits per heavy atom. The lowest BCUT2D eigenvalue weighted by Gasteiger charge is -2.11. The highest BCUT2D eigenvalue weighted by Crippen LogP contribution is 2.42. The van der Waals surface area contributed by atoms with E-state index in [1.807, 2.05) is 38.5 Å². The second kappa shape index (κ2) is 13.1. The Labute approximate surface area is 266 Å². The molecular formula is C37H32N2O7. The van der Waals surface area contributed by atoms with Crippen molar-refractivity contribution in [2.24, 2.45) is 0 Å². The number of methoxy groups -OCH3 is 1. The van der Waals surface area contributed by atoms with Crippen LogP contribution in [0.2, 0.25) is 0 Å². The number of Topliss-reactive ketones (excluding diaryl/α,β-unsaturated/α-hetero) is 1. The van der Waals surface area contributed by atoms with E-state index in [4.69, 9.17) is 18.9 Å². The van der Waals surface area contributed by atoms with Crippen LogP contribution < -0.4 is 18.9 Å². The van der Waals surface area contributed by atoms with Crippen molar-refractivity contribution in [3.63, 3.8) is 0 Å². The molecule has 9 nitrogen and oxygen atoms in total. The number of esters is 2. The third-order valence-electron chi connectivity index (χ3n) is 7.55. The summed E-state index contributed by atoms with van der Waals surface area (Å²) in [7, 11) is 5.68. The van der Waals surface area contributed by atoms with Gasteiger partial charge in [-0.15, -0.1) is 0 Å². The topological polar surface area (TPSA) is 96.3 Å². The van der Waals surface area contributed by atoms with Crippen LogP contribution in [0.1, 0.15) is 43.1 Å². The van der Waals surface area contributed by atoms with Crippen molar-refractivity contribution in [1.29, 1.82) is 0 Å². The number of benzene rings is 4. The van der Waals surface area contributed by atoms with Gasteiger partial charge in [0.25, 0.3) is 0 Å². The largest absolute Gasteiger partial charge is 0.497 e. The summed E-state index contributed by atoms with van der Waals surface area (Å²) in [5.74, 6) is -0.956. The predicted octanol–water partition coefficient (Wildman–Crippen LogP) is 6.66. The molecular weight excluding hydrogens is 584 g/mol. The molecule has 1 aromatic heterocycles. The summed E-state index contributed by atoms with van der Waals surface area (Å²) in [4.78, 5) is 41.9. The lowest BCUT2D eigenvalue weighted by molar-refractivity contribution is 0.0732. The van der Waals surface area contributed by atoms with Crippen molar-refractivity contribution in [3.05, 3.63) is 125 Å². The number of aryl methyl sites for hydroxylation is 1. The third-order valence-corrected chi connectivity index (χ3v) is 7.55. The molecule has 0 fully saturated rings. The number of allylic oxidation sites excluding steroid dienone is 1. The van der Waals surface area contributed by atoms with Gasteiger partial charge in [0.15, 0.2) is 5.76 Å². The van der Waals surface area contributed by atoms with Gasteiger partial charge in [-0.25, -0.2) is 9.59 Å². The highest BCUT2D eigenvalue weighted by molar-refractivity contribution is 6.17. The SMILES string of the molecule is COc1ccc2c(c1)c(/C=C1\Oc3cc(OC(=O)c4ccccc4)cc(OC(=O)c4ccccc4)c3C1=O)cn2CCCN(C)C. The summed E-state index contributed by atoms with van der Waals surface area (Å²) >= 11 is 0. The monoisotopic (exact) mass is 616 g/mol. The van der Waals surface area contributed by atoms with Crippen LogP contribution in [-0.4, -0.2) is 54.9 Å². The average Bonchev–Trinajstić information content (AvgIpc) is 3.57. The lowest BCUT2D eigenvalue weighted by atomic mass is 10.1. The van der Waals surface area contributed by atoms with Crippen LogP contribution in [0.25, 0.3) is 17.0 Å². The molecule has 4 aromatic carbocycles. The van der Waals surface area contributed by atoms with Gasteiger partial charge >= 0.3 is 11.9 Å². The van der Waals surface area contributed by atoms with Crippen LogP contribution in [0.5, 0.6) is 23.0 Å². The van der Waals surface area contributed by atoms with Crippen molar-refractivity contribution in [3.8, 4) is 23.0 Å². The number of hydrogen-bond donors (Lipinski definition) is 0. The second-order valence-corrected chi connectivity index (χ2v) is 11.1. The number of fused-ring (bicyclic) bond motifs is 2. The molecule has 1 aliphatic rings. The van der Waals surface area contributed by atoms with Crippen LogP contribution in [-0.2, 0) is 6.54 Å². The minimum atomic E-state index is -0.674. The van der Waals surface area contributed by atoms with E-state index in [1.54, 1.807) is 73.8 Å². The van der Waals surface area contributed by atoms with E-state index in [9.17, 15) is 14.4 Å². The van der Waals surface area contributed by atoms with Crippen molar-refractivity contribution < 1.29 is 33.3 Å². The molecule has 6 rings (SSSR count). The van der Waals surface area contributed by atoms with Gasteiger partial charge in [-0.05, 0) is 75.6 Å². The van der Waals surface area contributed by atoms with Crippen LogP contribution >= 0.6 is 0 Å². The Bertz CT molecular complexity index is 1960. The van der Waals surface area contributed by atoms with Gasteiger partial charge in [0.1, 0.15) is 28.6 Å². The first-order chi connectivity index (χ1) is 22.3. The molecule has 0 spiro atoms. The number of hydrogen-bond acceptors (Lipinski definition) is 8.